The Balaban J connectivity index is 2.18. The van der Waals surface area contributed by atoms with E-state index in [9.17, 15) is 9.59 Å². The van der Waals surface area contributed by atoms with E-state index in [1.165, 1.54) is 25.7 Å². The van der Waals surface area contributed by atoms with Crippen LogP contribution in [-0.4, -0.2) is 34.8 Å². The van der Waals surface area contributed by atoms with Crippen LogP contribution >= 0.6 is 0 Å². The molecule has 0 spiro atoms. The van der Waals surface area contributed by atoms with Crippen LogP contribution in [0.4, 0.5) is 0 Å². The third-order valence-electron chi connectivity index (χ3n) is 4.69. The Morgan fingerprint density at radius 3 is 2.30 bits per heavy atom. The quantitative estimate of drug-likeness (QED) is 0.805. The van der Waals surface area contributed by atoms with E-state index in [2.05, 4.69) is 12.2 Å². The zero-order valence-electron chi connectivity index (χ0n) is 12.9. The Hall–Kier alpha value is -1.06. The molecule has 114 valence electrons. The van der Waals surface area contributed by atoms with Crippen LogP contribution in [0, 0.1) is 0 Å². The number of carbonyl (C=O) groups excluding carboxylic acids is 2. The summed E-state index contributed by atoms with van der Waals surface area (Å²) in [7, 11) is 0. The van der Waals surface area contributed by atoms with E-state index in [-0.39, 0.29) is 29.9 Å². The minimum atomic E-state index is -0.293. The van der Waals surface area contributed by atoms with Gasteiger partial charge >= 0.3 is 0 Å². The van der Waals surface area contributed by atoms with Crippen molar-refractivity contribution in [3.63, 3.8) is 0 Å². The molecule has 0 aromatic carbocycles. The number of rotatable bonds is 4. The number of nitrogens with one attached hydrogen (secondary N) is 1. The van der Waals surface area contributed by atoms with Gasteiger partial charge in [0.1, 0.15) is 12.1 Å². The minimum Gasteiger partial charge on any atom is -0.343 e. The summed E-state index contributed by atoms with van der Waals surface area (Å²) >= 11 is 0. The monoisotopic (exact) mass is 280 g/mol. The van der Waals surface area contributed by atoms with Crippen LogP contribution in [0.1, 0.15) is 71.6 Å². The van der Waals surface area contributed by atoms with Gasteiger partial charge in [-0.25, -0.2) is 0 Å². The molecule has 1 aliphatic carbocycles. The molecular weight excluding hydrogens is 252 g/mol. The highest BCUT2D eigenvalue weighted by Gasteiger charge is 2.42. The summed E-state index contributed by atoms with van der Waals surface area (Å²) in [4.78, 5) is 27.0. The summed E-state index contributed by atoms with van der Waals surface area (Å²) in [6.45, 7) is 4.06. The highest BCUT2D eigenvalue weighted by atomic mass is 16.2. The van der Waals surface area contributed by atoms with Crippen LogP contribution in [0.15, 0.2) is 0 Å². The van der Waals surface area contributed by atoms with Crippen molar-refractivity contribution in [1.29, 1.82) is 0 Å². The first-order valence-electron chi connectivity index (χ1n) is 8.31. The van der Waals surface area contributed by atoms with E-state index in [0.29, 0.717) is 6.42 Å². The number of piperazine rings is 1. The van der Waals surface area contributed by atoms with Gasteiger partial charge in [0.2, 0.25) is 11.8 Å². The van der Waals surface area contributed by atoms with Crippen molar-refractivity contribution in [2.24, 2.45) is 0 Å². The standard InChI is InChI=1S/C16H28N2O2/c1-3-9-13-16(20)18(14(4-2)15(19)17-13)12-10-7-5-6-8-11-12/h12-14H,3-11H2,1-2H3,(H,17,19). The van der Waals surface area contributed by atoms with Gasteiger partial charge in [0, 0.05) is 6.04 Å². The zero-order valence-corrected chi connectivity index (χ0v) is 12.9. The highest BCUT2D eigenvalue weighted by molar-refractivity contribution is 5.97. The van der Waals surface area contributed by atoms with Gasteiger partial charge in [-0.15, -0.1) is 0 Å². The molecular formula is C16H28N2O2. The van der Waals surface area contributed by atoms with Crippen LogP contribution in [0.2, 0.25) is 0 Å². The molecule has 1 saturated carbocycles. The number of carbonyl (C=O) groups is 2. The molecule has 1 saturated heterocycles. The summed E-state index contributed by atoms with van der Waals surface area (Å²) in [6.07, 6.45) is 9.42. The Morgan fingerprint density at radius 2 is 1.75 bits per heavy atom. The molecule has 2 rings (SSSR count). The van der Waals surface area contributed by atoms with Crippen LogP contribution < -0.4 is 5.32 Å². The van der Waals surface area contributed by atoms with E-state index >= 15 is 0 Å². The second-order valence-electron chi connectivity index (χ2n) is 6.16. The lowest BCUT2D eigenvalue weighted by molar-refractivity contribution is -0.152. The second-order valence-corrected chi connectivity index (χ2v) is 6.16. The number of amides is 2. The van der Waals surface area contributed by atoms with Gasteiger partial charge in [0.05, 0.1) is 0 Å². The van der Waals surface area contributed by atoms with Crippen molar-refractivity contribution in [3.8, 4) is 0 Å². The maximum absolute atomic E-state index is 12.8. The number of hydrogen-bond donors (Lipinski definition) is 1. The SMILES string of the molecule is CCCC1NC(=O)C(CC)N(C2CCCCCC2)C1=O. The van der Waals surface area contributed by atoms with Gasteiger partial charge in [-0.3, -0.25) is 9.59 Å². The molecule has 0 radical (unpaired) electrons. The third kappa shape index (κ3) is 3.15. The molecule has 0 aromatic heterocycles. The van der Waals surface area contributed by atoms with E-state index in [0.717, 1.165) is 25.7 Å². The van der Waals surface area contributed by atoms with E-state index in [4.69, 9.17) is 0 Å². The second kappa shape index (κ2) is 7.09. The van der Waals surface area contributed by atoms with Gasteiger partial charge < -0.3 is 10.2 Å². The Labute approximate surface area is 122 Å². The molecule has 2 atom stereocenters. The predicted octanol–water partition coefficient (Wildman–Crippen LogP) is 2.61. The van der Waals surface area contributed by atoms with Crippen molar-refractivity contribution in [1.82, 2.24) is 10.2 Å². The van der Waals surface area contributed by atoms with Gasteiger partial charge in [-0.1, -0.05) is 46.0 Å². The van der Waals surface area contributed by atoms with Gasteiger partial charge in [0.25, 0.3) is 0 Å². The molecule has 1 aliphatic heterocycles. The molecule has 20 heavy (non-hydrogen) atoms. The maximum Gasteiger partial charge on any atom is 0.246 e. The average Bonchev–Trinajstić information content (AvgIpc) is 2.71. The summed E-state index contributed by atoms with van der Waals surface area (Å²) in [6, 6.07) is -0.266. The largest absolute Gasteiger partial charge is 0.343 e. The first kappa shape index (κ1) is 15.3. The zero-order chi connectivity index (χ0) is 14.5. The summed E-state index contributed by atoms with van der Waals surface area (Å²) < 4.78 is 0. The van der Waals surface area contributed by atoms with Crippen LogP contribution in [-0.2, 0) is 9.59 Å². The number of nitrogens with zero attached hydrogens (tertiary/aromatic N) is 1. The molecule has 2 aliphatic rings. The Morgan fingerprint density at radius 1 is 1.10 bits per heavy atom. The van der Waals surface area contributed by atoms with Crippen LogP contribution in [0.5, 0.6) is 0 Å². The first-order valence-corrected chi connectivity index (χ1v) is 8.31. The topological polar surface area (TPSA) is 49.4 Å². The lowest BCUT2D eigenvalue weighted by atomic mass is 9.96. The third-order valence-corrected chi connectivity index (χ3v) is 4.69. The number of hydrogen-bond acceptors (Lipinski definition) is 2. The van der Waals surface area contributed by atoms with Gasteiger partial charge in [-0.2, -0.15) is 0 Å². The van der Waals surface area contributed by atoms with Gasteiger partial charge in [-0.05, 0) is 25.7 Å². The Kier molecular flexibility index (Phi) is 5.44. The smallest absolute Gasteiger partial charge is 0.246 e. The van der Waals surface area contributed by atoms with Crippen molar-refractivity contribution in [2.75, 3.05) is 0 Å². The average molecular weight is 280 g/mol. The highest BCUT2D eigenvalue weighted by Crippen LogP contribution is 2.27. The Bertz CT molecular complexity index is 348. The molecule has 1 heterocycles. The van der Waals surface area contributed by atoms with Crippen molar-refractivity contribution >= 4 is 11.8 Å². The molecule has 0 aromatic rings. The van der Waals surface area contributed by atoms with Crippen molar-refractivity contribution < 1.29 is 9.59 Å². The maximum atomic E-state index is 12.8. The summed E-state index contributed by atoms with van der Waals surface area (Å²) in [5, 5.41) is 2.92. The van der Waals surface area contributed by atoms with E-state index in [1.807, 2.05) is 11.8 Å². The lowest BCUT2D eigenvalue weighted by Crippen LogP contribution is -2.65. The fourth-order valence-electron chi connectivity index (χ4n) is 3.63. The fraction of sp³-hybridized carbons (Fsp3) is 0.875. The molecule has 4 heteroatoms. The molecule has 2 unspecified atom stereocenters. The molecule has 4 nitrogen and oxygen atoms in total. The lowest BCUT2D eigenvalue weighted by Gasteiger charge is -2.43. The van der Waals surface area contributed by atoms with Crippen LogP contribution in [0.25, 0.3) is 0 Å². The van der Waals surface area contributed by atoms with Crippen molar-refractivity contribution in [3.05, 3.63) is 0 Å². The molecule has 0 bridgehead atoms. The normalized spacial score (nSPS) is 29.2. The van der Waals surface area contributed by atoms with E-state index < -0.39 is 0 Å². The molecule has 2 fully saturated rings. The van der Waals surface area contributed by atoms with Crippen molar-refractivity contribution in [2.45, 2.75) is 89.8 Å². The van der Waals surface area contributed by atoms with Gasteiger partial charge in [0.15, 0.2) is 0 Å². The van der Waals surface area contributed by atoms with Crippen LogP contribution in [0.3, 0.4) is 0 Å². The molecule has 2 amide bonds. The minimum absolute atomic E-state index is 0.0507. The summed E-state index contributed by atoms with van der Waals surface area (Å²) in [5.41, 5.74) is 0. The fourth-order valence-corrected chi connectivity index (χ4v) is 3.63. The summed E-state index contributed by atoms with van der Waals surface area (Å²) in [5.74, 6) is 0.208. The molecule has 1 N–H and O–H groups in total. The predicted molar refractivity (Wildman–Crippen MR) is 79.3 cm³/mol. The first-order chi connectivity index (χ1) is 9.69. The van der Waals surface area contributed by atoms with E-state index in [1.54, 1.807) is 0 Å².